The van der Waals surface area contributed by atoms with Gasteiger partial charge in [-0.1, -0.05) is 18.2 Å². The minimum absolute atomic E-state index is 0.00435. The molecule has 0 bridgehead atoms. The summed E-state index contributed by atoms with van der Waals surface area (Å²) in [7, 11) is 4.20. The lowest BCUT2D eigenvalue weighted by atomic mass is 9.77. The normalized spacial score (nSPS) is 23.9. The van der Waals surface area contributed by atoms with Gasteiger partial charge in [-0.05, 0) is 81.8 Å². The molecule has 2 amide bonds. The molecular formula is C28H36F3N3O3S. The van der Waals surface area contributed by atoms with E-state index in [1.165, 1.54) is 17.0 Å². The SMILES string of the molecule is CN(C)C1(c2cccs2)CCC(NC(=O)CCC(=O)N2CCC(O)(c3cccc(C(F)(F)F)c3)CC2)CC1. The van der Waals surface area contributed by atoms with Gasteiger partial charge < -0.3 is 15.3 Å². The van der Waals surface area contributed by atoms with Gasteiger partial charge in [0.2, 0.25) is 11.8 Å². The predicted octanol–water partition coefficient (Wildman–Crippen LogP) is 4.87. The van der Waals surface area contributed by atoms with E-state index < -0.39 is 17.3 Å². The number of hydrogen-bond acceptors (Lipinski definition) is 5. The third kappa shape index (κ3) is 6.24. The lowest BCUT2D eigenvalue weighted by molar-refractivity contribution is -0.138. The predicted molar refractivity (Wildman–Crippen MR) is 140 cm³/mol. The second-order valence-corrected chi connectivity index (χ2v) is 11.7. The summed E-state index contributed by atoms with van der Waals surface area (Å²) in [5, 5.41) is 16.2. The van der Waals surface area contributed by atoms with Gasteiger partial charge in [-0.15, -0.1) is 11.3 Å². The number of aliphatic hydroxyl groups is 1. The number of carbonyl (C=O) groups excluding carboxylic acids is 2. The maximum atomic E-state index is 13.1. The number of nitrogens with zero attached hydrogens (tertiary/aromatic N) is 2. The van der Waals surface area contributed by atoms with E-state index in [-0.39, 0.29) is 67.7 Å². The highest BCUT2D eigenvalue weighted by molar-refractivity contribution is 7.10. The first kappa shape index (κ1) is 28.6. The van der Waals surface area contributed by atoms with Crippen molar-refractivity contribution in [2.75, 3.05) is 27.2 Å². The number of halogens is 3. The first-order valence-electron chi connectivity index (χ1n) is 13.1. The van der Waals surface area contributed by atoms with E-state index >= 15 is 0 Å². The van der Waals surface area contributed by atoms with Gasteiger partial charge >= 0.3 is 6.18 Å². The summed E-state index contributed by atoms with van der Waals surface area (Å²) >= 11 is 1.76. The van der Waals surface area contributed by atoms with Gasteiger partial charge in [0.15, 0.2) is 0 Å². The molecule has 1 saturated carbocycles. The summed E-state index contributed by atoms with van der Waals surface area (Å²) in [4.78, 5) is 30.5. The molecule has 2 heterocycles. The maximum absolute atomic E-state index is 13.1. The van der Waals surface area contributed by atoms with Gasteiger partial charge in [0.05, 0.1) is 16.7 Å². The van der Waals surface area contributed by atoms with Crippen molar-refractivity contribution < 1.29 is 27.9 Å². The highest BCUT2D eigenvalue weighted by Crippen LogP contribution is 2.43. The van der Waals surface area contributed by atoms with Crippen LogP contribution in [0.2, 0.25) is 0 Å². The molecule has 1 aliphatic heterocycles. The van der Waals surface area contributed by atoms with E-state index in [4.69, 9.17) is 0 Å². The zero-order valence-electron chi connectivity index (χ0n) is 21.9. The van der Waals surface area contributed by atoms with E-state index in [1.54, 1.807) is 16.2 Å². The molecule has 2 N–H and O–H groups in total. The van der Waals surface area contributed by atoms with Crippen LogP contribution in [0.1, 0.15) is 67.4 Å². The van der Waals surface area contributed by atoms with Crippen LogP contribution in [0.15, 0.2) is 41.8 Å². The number of nitrogens with one attached hydrogen (secondary N) is 1. The van der Waals surface area contributed by atoms with Crippen molar-refractivity contribution in [2.24, 2.45) is 0 Å². The van der Waals surface area contributed by atoms with Crippen LogP contribution >= 0.6 is 11.3 Å². The van der Waals surface area contributed by atoms with Crippen LogP contribution < -0.4 is 5.32 Å². The van der Waals surface area contributed by atoms with Crippen molar-refractivity contribution in [1.29, 1.82) is 0 Å². The van der Waals surface area contributed by atoms with Crippen molar-refractivity contribution in [2.45, 2.75) is 74.7 Å². The monoisotopic (exact) mass is 551 g/mol. The first-order chi connectivity index (χ1) is 17.9. The highest BCUT2D eigenvalue weighted by atomic mass is 32.1. The van der Waals surface area contributed by atoms with Gasteiger partial charge in [0, 0.05) is 36.9 Å². The van der Waals surface area contributed by atoms with E-state index in [2.05, 4.69) is 41.8 Å². The molecule has 1 saturated heterocycles. The average molecular weight is 552 g/mol. The van der Waals surface area contributed by atoms with Crippen LogP contribution in [0, 0.1) is 0 Å². The Morgan fingerprint density at radius 3 is 2.34 bits per heavy atom. The lowest BCUT2D eigenvalue weighted by Crippen LogP contribution is -2.48. The van der Waals surface area contributed by atoms with Gasteiger partial charge in [0.1, 0.15) is 0 Å². The van der Waals surface area contributed by atoms with Crippen LogP contribution in [0.25, 0.3) is 0 Å². The molecule has 0 atom stereocenters. The second-order valence-electron chi connectivity index (χ2n) is 10.7. The summed E-state index contributed by atoms with van der Waals surface area (Å²) in [6.45, 7) is 0.455. The topological polar surface area (TPSA) is 72.9 Å². The Morgan fingerprint density at radius 2 is 1.76 bits per heavy atom. The van der Waals surface area contributed by atoms with Crippen LogP contribution in [-0.2, 0) is 26.9 Å². The third-order valence-corrected chi connectivity index (χ3v) is 9.31. The molecule has 0 unspecified atom stereocenters. The summed E-state index contributed by atoms with van der Waals surface area (Å²) in [5.74, 6) is -0.325. The Balaban J connectivity index is 1.22. The largest absolute Gasteiger partial charge is 0.416 e. The number of piperidine rings is 1. The summed E-state index contributed by atoms with van der Waals surface area (Å²) in [6, 6.07) is 9.08. The number of amides is 2. The Morgan fingerprint density at radius 1 is 1.08 bits per heavy atom. The fourth-order valence-electron chi connectivity index (χ4n) is 5.78. The molecule has 10 heteroatoms. The molecule has 0 spiro atoms. The van der Waals surface area contributed by atoms with Gasteiger partial charge in [-0.2, -0.15) is 13.2 Å². The standard InChI is InChI=1S/C28H36F3N3O3S/c1-33(2)26(23-7-4-18-38-23)12-10-22(11-13-26)32-24(35)8-9-25(36)34-16-14-27(37,15-17-34)20-5-3-6-21(19-20)28(29,30)31/h3-7,18-19,22,37H,8-17H2,1-2H3,(H,32,35). The molecular weight excluding hydrogens is 515 g/mol. The van der Waals surface area contributed by atoms with Crippen molar-refractivity contribution in [1.82, 2.24) is 15.1 Å². The van der Waals surface area contributed by atoms with Crippen molar-refractivity contribution in [3.05, 3.63) is 57.8 Å². The molecule has 1 aromatic carbocycles. The minimum Gasteiger partial charge on any atom is -0.385 e. The molecule has 1 aromatic heterocycles. The summed E-state index contributed by atoms with van der Waals surface area (Å²) in [6.07, 6.45) is -0.393. The molecule has 208 valence electrons. The minimum atomic E-state index is -4.49. The van der Waals surface area contributed by atoms with Crippen LogP contribution in [0.4, 0.5) is 13.2 Å². The zero-order valence-corrected chi connectivity index (χ0v) is 22.7. The number of rotatable bonds is 7. The maximum Gasteiger partial charge on any atom is 0.416 e. The van der Waals surface area contributed by atoms with E-state index in [9.17, 15) is 27.9 Å². The van der Waals surface area contributed by atoms with Gasteiger partial charge in [-0.25, -0.2) is 0 Å². The lowest BCUT2D eigenvalue weighted by Gasteiger charge is -2.44. The van der Waals surface area contributed by atoms with Crippen molar-refractivity contribution >= 4 is 23.2 Å². The Labute approximate surface area is 225 Å². The van der Waals surface area contributed by atoms with Crippen molar-refractivity contribution in [3.8, 4) is 0 Å². The van der Waals surface area contributed by atoms with Crippen molar-refractivity contribution in [3.63, 3.8) is 0 Å². The summed E-state index contributed by atoms with van der Waals surface area (Å²) < 4.78 is 39.2. The van der Waals surface area contributed by atoms with E-state index in [0.29, 0.717) is 0 Å². The quantitative estimate of drug-likeness (QED) is 0.515. The molecule has 2 aromatic rings. The molecule has 2 aliphatic rings. The number of hydrogen-bond donors (Lipinski definition) is 2. The Bertz CT molecular complexity index is 1100. The molecule has 2 fully saturated rings. The first-order valence-corrected chi connectivity index (χ1v) is 14.0. The van der Waals surface area contributed by atoms with E-state index in [0.717, 1.165) is 37.8 Å². The molecule has 0 radical (unpaired) electrons. The highest BCUT2D eigenvalue weighted by Gasteiger charge is 2.40. The Kier molecular flexibility index (Phi) is 8.54. The van der Waals surface area contributed by atoms with Crippen LogP contribution in [-0.4, -0.2) is 59.9 Å². The van der Waals surface area contributed by atoms with E-state index in [1.807, 2.05) is 0 Å². The molecule has 4 rings (SSSR count). The molecule has 6 nitrogen and oxygen atoms in total. The number of benzene rings is 1. The number of alkyl halides is 3. The third-order valence-electron chi connectivity index (χ3n) is 8.25. The van der Waals surface area contributed by atoms with Gasteiger partial charge in [-0.3, -0.25) is 14.5 Å². The number of carbonyl (C=O) groups is 2. The van der Waals surface area contributed by atoms with Crippen LogP contribution in [0.3, 0.4) is 0 Å². The average Bonchev–Trinajstić information content (AvgIpc) is 3.43. The number of likely N-dealkylation sites (tertiary alicyclic amines) is 1. The van der Waals surface area contributed by atoms with Crippen LogP contribution in [0.5, 0.6) is 0 Å². The Hall–Kier alpha value is -2.43. The van der Waals surface area contributed by atoms with Gasteiger partial charge in [0.25, 0.3) is 0 Å². The zero-order chi connectivity index (χ0) is 27.6. The fraction of sp³-hybridized carbons (Fsp3) is 0.571. The smallest absolute Gasteiger partial charge is 0.385 e. The molecule has 1 aliphatic carbocycles. The second kappa shape index (κ2) is 11.4. The number of thiophene rings is 1. The fourth-order valence-corrected chi connectivity index (χ4v) is 6.84. The summed E-state index contributed by atoms with van der Waals surface area (Å²) in [5.41, 5.74) is -2.01. The molecule has 38 heavy (non-hydrogen) atoms.